The third kappa shape index (κ3) is 2.62. The number of hydrogen-bond donors (Lipinski definition) is 1. The van der Waals surface area contributed by atoms with Gasteiger partial charge in [-0.05, 0) is 6.92 Å². The number of nitrogens with zero attached hydrogens (tertiary/aromatic N) is 3. The van der Waals surface area contributed by atoms with E-state index in [0.717, 1.165) is 5.56 Å². The number of ether oxygens (including phenoxy) is 2. The second kappa shape index (κ2) is 6.04. The minimum absolute atomic E-state index is 0.0919. The van der Waals surface area contributed by atoms with Crippen molar-refractivity contribution in [2.75, 3.05) is 32.9 Å². The van der Waals surface area contributed by atoms with Crippen molar-refractivity contribution in [2.45, 2.75) is 19.1 Å². The smallest absolute Gasteiger partial charge is 0.346 e. The van der Waals surface area contributed by atoms with Crippen LogP contribution in [-0.2, 0) is 27.9 Å². The van der Waals surface area contributed by atoms with E-state index < -0.39 is 23.1 Å². The van der Waals surface area contributed by atoms with Gasteiger partial charge in [-0.2, -0.15) is 5.10 Å². The Balaban J connectivity index is 1.67. The number of likely N-dealkylation sites (tertiary alicyclic amines) is 1. The summed E-state index contributed by atoms with van der Waals surface area (Å²) in [6.07, 6.45) is 3.42. The van der Waals surface area contributed by atoms with Crippen LogP contribution in [0.15, 0.2) is 12.4 Å². The number of esters is 1. The Kier molecular flexibility index (Phi) is 4.20. The molecule has 0 bridgehead atoms. The summed E-state index contributed by atoms with van der Waals surface area (Å²) < 4.78 is 27.0. The van der Waals surface area contributed by atoms with Crippen molar-refractivity contribution in [1.29, 1.82) is 0 Å². The Hall–Kier alpha value is -2.16. The second-order valence-corrected chi connectivity index (χ2v) is 6.33. The highest BCUT2D eigenvalue weighted by Gasteiger charge is 2.68. The Bertz CT molecular complexity index is 645. The predicted molar refractivity (Wildman–Crippen MR) is 80.7 cm³/mol. The summed E-state index contributed by atoms with van der Waals surface area (Å²) in [5, 5.41) is 6.74. The molecule has 1 N–H and O–H groups in total. The average molecular weight is 340 g/mol. The zero-order valence-electron chi connectivity index (χ0n) is 13.7. The molecular weight excluding hydrogens is 319 g/mol. The van der Waals surface area contributed by atoms with Crippen LogP contribution in [0.3, 0.4) is 0 Å². The number of carbonyl (C=O) groups excluding carboxylic acids is 2. The highest BCUT2D eigenvalue weighted by Crippen LogP contribution is 2.48. The first kappa shape index (κ1) is 16.7. The number of alkyl halides is 1. The quantitative estimate of drug-likeness (QED) is 0.793. The third-order valence-electron chi connectivity index (χ3n) is 4.59. The maximum Gasteiger partial charge on any atom is 0.346 e. The Morgan fingerprint density at radius 1 is 1.46 bits per heavy atom. The molecule has 3 rings (SSSR count). The SMILES string of the molecule is CCOC(=O)C1(F)CN(C(=O)NCc2cnn(C)c2)CC12COC2. The van der Waals surface area contributed by atoms with Gasteiger partial charge in [0.15, 0.2) is 0 Å². The summed E-state index contributed by atoms with van der Waals surface area (Å²) in [5.74, 6) is -0.921. The summed E-state index contributed by atoms with van der Waals surface area (Å²) >= 11 is 0. The van der Waals surface area contributed by atoms with Gasteiger partial charge >= 0.3 is 12.0 Å². The van der Waals surface area contributed by atoms with E-state index in [1.54, 1.807) is 31.0 Å². The lowest BCUT2D eigenvalue weighted by atomic mass is 9.74. The first-order valence-corrected chi connectivity index (χ1v) is 7.84. The fourth-order valence-corrected chi connectivity index (χ4v) is 3.17. The standard InChI is InChI=1S/C15H21FN4O4/c1-3-24-12(21)15(16)8-20(7-14(15)9-23-10-14)13(22)17-4-11-5-18-19(2)6-11/h5-6H,3-4,7-10H2,1-2H3,(H,17,22). The van der Waals surface area contributed by atoms with Gasteiger partial charge in [-0.15, -0.1) is 0 Å². The zero-order chi connectivity index (χ0) is 17.4. The molecule has 1 aromatic rings. The molecule has 2 fully saturated rings. The maximum absolute atomic E-state index is 15.4. The van der Waals surface area contributed by atoms with Crippen molar-refractivity contribution in [3.05, 3.63) is 18.0 Å². The van der Waals surface area contributed by atoms with Crippen molar-refractivity contribution in [2.24, 2.45) is 12.5 Å². The number of aromatic nitrogens is 2. The van der Waals surface area contributed by atoms with Crippen LogP contribution < -0.4 is 5.32 Å². The molecule has 0 aliphatic carbocycles. The normalized spacial score (nSPS) is 24.7. The van der Waals surface area contributed by atoms with E-state index in [9.17, 15) is 9.59 Å². The second-order valence-electron chi connectivity index (χ2n) is 6.33. The van der Waals surface area contributed by atoms with Gasteiger partial charge in [-0.3, -0.25) is 4.68 Å². The van der Waals surface area contributed by atoms with E-state index >= 15 is 4.39 Å². The van der Waals surface area contributed by atoms with E-state index in [-0.39, 0.29) is 39.5 Å². The molecule has 2 aliphatic rings. The van der Waals surface area contributed by atoms with E-state index in [4.69, 9.17) is 9.47 Å². The van der Waals surface area contributed by atoms with Crippen molar-refractivity contribution in [3.8, 4) is 0 Å². The summed E-state index contributed by atoms with van der Waals surface area (Å²) in [6.45, 7) is 2.01. The van der Waals surface area contributed by atoms with Crippen LogP contribution in [0.4, 0.5) is 9.18 Å². The van der Waals surface area contributed by atoms with Crippen LogP contribution in [0.2, 0.25) is 0 Å². The fraction of sp³-hybridized carbons (Fsp3) is 0.667. The number of halogens is 1. The summed E-state index contributed by atoms with van der Waals surface area (Å²) in [4.78, 5) is 25.8. The molecule has 3 heterocycles. The number of aryl methyl sites for hydroxylation is 1. The van der Waals surface area contributed by atoms with Crippen LogP contribution in [0, 0.1) is 5.41 Å². The van der Waals surface area contributed by atoms with Gasteiger partial charge in [0.1, 0.15) is 0 Å². The van der Waals surface area contributed by atoms with Gasteiger partial charge in [0, 0.05) is 31.9 Å². The van der Waals surface area contributed by atoms with Crippen molar-refractivity contribution in [3.63, 3.8) is 0 Å². The van der Waals surface area contributed by atoms with Crippen LogP contribution >= 0.6 is 0 Å². The molecule has 1 atom stereocenters. The topological polar surface area (TPSA) is 85.7 Å². The Morgan fingerprint density at radius 3 is 2.75 bits per heavy atom. The van der Waals surface area contributed by atoms with E-state index in [2.05, 4.69) is 10.4 Å². The lowest BCUT2D eigenvalue weighted by Crippen LogP contribution is -2.61. The lowest BCUT2D eigenvalue weighted by Gasteiger charge is -2.43. The molecule has 9 heteroatoms. The predicted octanol–water partition coefficient (Wildman–Crippen LogP) is 0.233. The number of rotatable bonds is 4. The van der Waals surface area contributed by atoms with Crippen molar-refractivity contribution >= 4 is 12.0 Å². The summed E-state index contributed by atoms with van der Waals surface area (Å²) in [7, 11) is 1.78. The summed E-state index contributed by atoms with van der Waals surface area (Å²) in [5.41, 5.74) is -2.40. The average Bonchev–Trinajstić information content (AvgIpc) is 3.06. The lowest BCUT2D eigenvalue weighted by molar-refractivity contribution is -0.196. The first-order valence-electron chi connectivity index (χ1n) is 7.84. The molecule has 1 unspecified atom stereocenters. The molecule has 0 aromatic carbocycles. The number of urea groups is 1. The first-order chi connectivity index (χ1) is 11.4. The zero-order valence-corrected chi connectivity index (χ0v) is 13.7. The minimum Gasteiger partial charge on any atom is -0.464 e. The molecule has 2 saturated heterocycles. The highest BCUT2D eigenvalue weighted by atomic mass is 19.1. The Morgan fingerprint density at radius 2 is 2.21 bits per heavy atom. The van der Waals surface area contributed by atoms with E-state index in [1.807, 2.05) is 0 Å². The molecule has 2 amide bonds. The summed E-state index contributed by atoms with van der Waals surface area (Å²) in [6, 6.07) is -0.422. The number of amides is 2. The number of nitrogens with one attached hydrogen (secondary N) is 1. The van der Waals surface area contributed by atoms with Crippen molar-refractivity contribution in [1.82, 2.24) is 20.0 Å². The minimum atomic E-state index is -2.23. The third-order valence-corrected chi connectivity index (χ3v) is 4.59. The number of carbonyl (C=O) groups is 2. The highest BCUT2D eigenvalue weighted by molar-refractivity contribution is 5.84. The van der Waals surface area contributed by atoms with Crippen LogP contribution in [0.1, 0.15) is 12.5 Å². The molecule has 8 nitrogen and oxygen atoms in total. The van der Waals surface area contributed by atoms with Gasteiger partial charge in [-0.25, -0.2) is 14.0 Å². The maximum atomic E-state index is 15.4. The largest absolute Gasteiger partial charge is 0.464 e. The molecule has 1 aromatic heterocycles. The van der Waals surface area contributed by atoms with Crippen LogP contribution in [0.5, 0.6) is 0 Å². The number of hydrogen-bond acceptors (Lipinski definition) is 5. The molecular formula is C15H21FN4O4. The van der Waals surface area contributed by atoms with Gasteiger partial charge in [0.2, 0.25) is 5.67 Å². The molecule has 2 aliphatic heterocycles. The molecule has 24 heavy (non-hydrogen) atoms. The van der Waals surface area contributed by atoms with E-state index in [1.165, 1.54) is 4.90 Å². The van der Waals surface area contributed by atoms with Gasteiger partial charge in [0.05, 0.1) is 38.0 Å². The van der Waals surface area contributed by atoms with E-state index in [0.29, 0.717) is 0 Å². The molecule has 132 valence electrons. The monoisotopic (exact) mass is 340 g/mol. The van der Waals surface area contributed by atoms with Gasteiger partial charge < -0.3 is 19.7 Å². The van der Waals surface area contributed by atoms with Gasteiger partial charge in [0.25, 0.3) is 0 Å². The molecule has 0 saturated carbocycles. The fourth-order valence-electron chi connectivity index (χ4n) is 3.17. The van der Waals surface area contributed by atoms with Crippen LogP contribution in [-0.4, -0.2) is 65.3 Å². The van der Waals surface area contributed by atoms with Gasteiger partial charge in [-0.1, -0.05) is 0 Å². The molecule has 0 radical (unpaired) electrons. The van der Waals surface area contributed by atoms with Crippen LogP contribution in [0.25, 0.3) is 0 Å². The molecule has 1 spiro atoms. The Labute approximate surface area is 138 Å². The van der Waals surface area contributed by atoms with Crippen molar-refractivity contribution < 1.29 is 23.5 Å².